The fourth-order valence-corrected chi connectivity index (χ4v) is 4.52. The van der Waals surface area contributed by atoms with Gasteiger partial charge < -0.3 is 19.3 Å². The van der Waals surface area contributed by atoms with Crippen LogP contribution in [-0.2, 0) is 0 Å². The number of hydrazone groups is 1. The Morgan fingerprint density at radius 1 is 0.794 bits per heavy atom. The molecule has 0 radical (unpaired) electrons. The van der Waals surface area contributed by atoms with Crippen molar-refractivity contribution >= 4 is 22.2 Å². The molecule has 0 spiro atoms. The van der Waals surface area contributed by atoms with Crippen LogP contribution in [0.4, 0.5) is 5.69 Å². The van der Waals surface area contributed by atoms with Crippen molar-refractivity contribution in [3.8, 4) is 23.0 Å². The first-order valence-corrected chi connectivity index (χ1v) is 11.1. The number of phenols is 1. The van der Waals surface area contributed by atoms with Crippen molar-refractivity contribution in [3.63, 3.8) is 0 Å². The normalized spacial score (nSPS) is 15.3. The molecule has 6 nitrogen and oxygen atoms in total. The maximum Gasteiger partial charge on any atom is 0.126 e. The van der Waals surface area contributed by atoms with Gasteiger partial charge in [0.2, 0.25) is 0 Å². The molecule has 6 heteroatoms. The Morgan fingerprint density at radius 2 is 1.50 bits per heavy atom. The monoisotopic (exact) mass is 454 g/mol. The molecular formula is C28H26N2O4. The molecule has 5 rings (SSSR count). The van der Waals surface area contributed by atoms with Crippen LogP contribution in [0.2, 0.25) is 0 Å². The molecule has 0 saturated heterocycles. The molecule has 0 amide bonds. The van der Waals surface area contributed by atoms with Crippen LogP contribution >= 0.6 is 0 Å². The number of anilines is 1. The SMILES string of the molecule is COc1ccc(N2N=C(c3cc(OC)ccc3O)CC2c2ccc(OC)c3ccccc23)cc1. The Morgan fingerprint density at radius 3 is 2.21 bits per heavy atom. The van der Waals surface area contributed by atoms with Crippen LogP contribution in [0.25, 0.3) is 10.8 Å². The fraction of sp³-hybridized carbons (Fsp3) is 0.179. The molecule has 0 aromatic heterocycles. The number of methoxy groups -OCH3 is 3. The molecule has 1 unspecified atom stereocenters. The van der Waals surface area contributed by atoms with Crippen molar-refractivity contribution in [2.24, 2.45) is 5.10 Å². The molecule has 1 N–H and O–H groups in total. The number of ether oxygens (including phenoxy) is 3. The zero-order valence-corrected chi connectivity index (χ0v) is 19.4. The number of nitrogens with zero attached hydrogens (tertiary/aromatic N) is 2. The van der Waals surface area contributed by atoms with Crippen LogP contribution in [0.3, 0.4) is 0 Å². The maximum absolute atomic E-state index is 10.6. The predicted octanol–water partition coefficient (Wildman–Crippen LogP) is 5.93. The van der Waals surface area contributed by atoms with Crippen LogP contribution in [0.15, 0.2) is 84.0 Å². The van der Waals surface area contributed by atoms with Gasteiger partial charge in [-0.3, -0.25) is 5.01 Å². The Labute approximate surface area is 198 Å². The Hall–Kier alpha value is -4.19. The molecule has 0 fully saturated rings. The van der Waals surface area contributed by atoms with E-state index in [1.807, 2.05) is 53.5 Å². The minimum atomic E-state index is -0.0789. The summed E-state index contributed by atoms with van der Waals surface area (Å²) in [4.78, 5) is 0. The van der Waals surface area contributed by atoms with Crippen molar-refractivity contribution in [1.82, 2.24) is 0 Å². The summed E-state index contributed by atoms with van der Waals surface area (Å²) < 4.78 is 16.3. The van der Waals surface area contributed by atoms with E-state index in [9.17, 15) is 5.11 Å². The number of hydrogen-bond acceptors (Lipinski definition) is 6. The molecular weight excluding hydrogens is 428 g/mol. The van der Waals surface area contributed by atoms with Gasteiger partial charge in [0.25, 0.3) is 0 Å². The van der Waals surface area contributed by atoms with Gasteiger partial charge in [-0.25, -0.2) is 0 Å². The highest BCUT2D eigenvalue weighted by Gasteiger charge is 2.32. The summed E-state index contributed by atoms with van der Waals surface area (Å²) in [5, 5.41) is 19.8. The van der Waals surface area contributed by atoms with Gasteiger partial charge in [0, 0.05) is 17.4 Å². The van der Waals surface area contributed by atoms with Gasteiger partial charge >= 0.3 is 0 Å². The molecule has 1 atom stereocenters. The number of phenolic OH excluding ortho intramolecular Hbond substituents is 1. The standard InChI is InChI=1S/C28H26N2O4/c1-32-19-10-8-18(9-11-19)30-26(17-25(29-30)24-16-20(33-2)12-14-27(24)31)22-13-15-28(34-3)23-7-5-4-6-21(22)23/h4-16,26,31H,17H2,1-3H3. The topological polar surface area (TPSA) is 63.5 Å². The summed E-state index contributed by atoms with van der Waals surface area (Å²) in [7, 11) is 4.95. The maximum atomic E-state index is 10.6. The average molecular weight is 455 g/mol. The Balaban J connectivity index is 1.65. The lowest BCUT2D eigenvalue weighted by atomic mass is 9.93. The lowest BCUT2D eigenvalue weighted by molar-refractivity contribution is 0.412. The lowest BCUT2D eigenvalue weighted by Crippen LogP contribution is -2.18. The smallest absolute Gasteiger partial charge is 0.126 e. The highest BCUT2D eigenvalue weighted by Crippen LogP contribution is 2.42. The first-order chi connectivity index (χ1) is 16.6. The van der Waals surface area contributed by atoms with E-state index >= 15 is 0 Å². The molecule has 0 bridgehead atoms. The van der Waals surface area contributed by atoms with E-state index < -0.39 is 0 Å². The van der Waals surface area contributed by atoms with Crippen LogP contribution in [0.1, 0.15) is 23.6 Å². The summed E-state index contributed by atoms with van der Waals surface area (Å²) in [6.45, 7) is 0. The van der Waals surface area contributed by atoms with E-state index in [0.717, 1.165) is 39.2 Å². The van der Waals surface area contributed by atoms with E-state index in [1.54, 1.807) is 33.5 Å². The minimum Gasteiger partial charge on any atom is -0.507 e. The molecule has 172 valence electrons. The number of aromatic hydroxyl groups is 1. The van der Waals surface area contributed by atoms with Crippen molar-refractivity contribution in [3.05, 3.63) is 90.0 Å². The van der Waals surface area contributed by atoms with Crippen LogP contribution < -0.4 is 19.2 Å². The molecule has 4 aromatic rings. The quantitative estimate of drug-likeness (QED) is 0.391. The first-order valence-electron chi connectivity index (χ1n) is 11.1. The van der Waals surface area contributed by atoms with Crippen LogP contribution in [0, 0.1) is 0 Å². The van der Waals surface area contributed by atoms with Crippen LogP contribution in [-0.4, -0.2) is 32.1 Å². The molecule has 1 heterocycles. The van der Waals surface area contributed by atoms with E-state index in [4.69, 9.17) is 19.3 Å². The van der Waals surface area contributed by atoms with Gasteiger partial charge in [0.15, 0.2) is 0 Å². The van der Waals surface area contributed by atoms with Crippen molar-refractivity contribution in [2.45, 2.75) is 12.5 Å². The van der Waals surface area contributed by atoms with Gasteiger partial charge in [0.1, 0.15) is 23.0 Å². The zero-order chi connectivity index (χ0) is 23.7. The van der Waals surface area contributed by atoms with Crippen molar-refractivity contribution < 1.29 is 19.3 Å². The van der Waals surface area contributed by atoms with Gasteiger partial charge in [-0.15, -0.1) is 0 Å². The fourth-order valence-electron chi connectivity index (χ4n) is 4.52. The number of hydrogen-bond donors (Lipinski definition) is 1. The van der Waals surface area contributed by atoms with Gasteiger partial charge in [-0.2, -0.15) is 5.10 Å². The predicted molar refractivity (Wildman–Crippen MR) is 135 cm³/mol. The molecule has 0 aliphatic carbocycles. The van der Waals surface area contributed by atoms with E-state index in [-0.39, 0.29) is 11.8 Å². The van der Waals surface area contributed by atoms with Gasteiger partial charge in [0.05, 0.1) is 38.8 Å². The largest absolute Gasteiger partial charge is 0.507 e. The van der Waals surface area contributed by atoms with E-state index in [1.165, 1.54) is 0 Å². The minimum absolute atomic E-state index is 0.0789. The van der Waals surface area contributed by atoms with E-state index in [0.29, 0.717) is 17.7 Å². The second kappa shape index (κ2) is 8.98. The third kappa shape index (κ3) is 3.77. The summed E-state index contributed by atoms with van der Waals surface area (Å²) in [5.74, 6) is 2.46. The summed E-state index contributed by atoms with van der Waals surface area (Å²) in [6, 6.07) is 25.3. The summed E-state index contributed by atoms with van der Waals surface area (Å²) >= 11 is 0. The first kappa shape index (κ1) is 21.6. The Bertz CT molecular complexity index is 1360. The Kier molecular flexibility index (Phi) is 5.72. The highest BCUT2D eigenvalue weighted by molar-refractivity contribution is 6.06. The second-order valence-electron chi connectivity index (χ2n) is 8.09. The summed E-state index contributed by atoms with van der Waals surface area (Å²) in [5.41, 5.74) is 3.52. The zero-order valence-electron chi connectivity index (χ0n) is 19.4. The number of benzene rings is 4. The van der Waals surface area contributed by atoms with E-state index in [2.05, 4.69) is 18.2 Å². The third-order valence-electron chi connectivity index (χ3n) is 6.26. The molecule has 34 heavy (non-hydrogen) atoms. The average Bonchev–Trinajstić information content (AvgIpc) is 3.33. The van der Waals surface area contributed by atoms with Gasteiger partial charge in [-0.1, -0.05) is 30.3 Å². The summed E-state index contributed by atoms with van der Waals surface area (Å²) in [6.07, 6.45) is 0.614. The molecule has 1 aliphatic heterocycles. The molecule has 4 aromatic carbocycles. The number of rotatable bonds is 6. The molecule has 1 aliphatic rings. The second-order valence-corrected chi connectivity index (χ2v) is 8.09. The van der Waals surface area contributed by atoms with Crippen molar-refractivity contribution in [2.75, 3.05) is 26.3 Å². The third-order valence-corrected chi connectivity index (χ3v) is 6.26. The van der Waals surface area contributed by atoms with Gasteiger partial charge in [-0.05, 0) is 59.5 Å². The van der Waals surface area contributed by atoms with Crippen LogP contribution in [0.5, 0.6) is 23.0 Å². The molecule has 0 saturated carbocycles. The number of fused-ring (bicyclic) bond motifs is 1. The lowest BCUT2D eigenvalue weighted by Gasteiger charge is -2.25. The highest BCUT2D eigenvalue weighted by atomic mass is 16.5. The van der Waals surface area contributed by atoms with Crippen molar-refractivity contribution in [1.29, 1.82) is 0 Å².